The monoisotopic (exact) mass is 324 g/mol. The number of fused-ring (bicyclic) bond motifs is 1. The molecule has 3 aromatic rings. The number of carbonyl (C=O) groups excluding carboxylic acids is 1. The van der Waals surface area contributed by atoms with Gasteiger partial charge in [-0.2, -0.15) is 0 Å². The van der Waals surface area contributed by atoms with Crippen molar-refractivity contribution in [1.82, 2.24) is 9.55 Å². The number of imidazole rings is 1. The van der Waals surface area contributed by atoms with Crippen molar-refractivity contribution in [3.05, 3.63) is 64.6 Å². The van der Waals surface area contributed by atoms with Crippen molar-refractivity contribution in [2.24, 2.45) is 0 Å². The summed E-state index contributed by atoms with van der Waals surface area (Å²) in [6.07, 6.45) is 1.11. The maximum absolute atomic E-state index is 12.7. The van der Waals surface area contributed by atoms with Crippen molar-refractivity contribution >= 4 is 28.3 Å². The lowest BCUT2D eigenvalue weighted by atomic mass is 10.1. The third kappa shape index (κ3) is 2.71. The molecule has 0 aliphatic carbocycles. The Morgan fingerprint density at radius 2 is 1.92 bits per heavy atom. The molecule has 24 heavy (non-hydrogen) atoms. The van der Waals surface area contributed by atoms with Crippen molar-refractivity contribution in [3.8, 4) is 0 Å². The van der Waals surface area contributed by atoms with E-state index in [9.17, 15) is 14.9 Å². The number of rotatable bonds is 3. The summed E-state index contributed by atoms with van der Waals surface area (Å²) in [7, 11) is 0. The largest absolute Gasteiger partial charge is 0.419 e. The fourth-order valence-corrected chi connectivity index (χ4v) is 2.61. The summed E-state index contributed by atoms with van der Waals surface area (Å²) in [5.41, 5.74) is 0.593. The van der Waals surface area contributed by atoms with Gasteiger partial charge >= 0.3 is 11.8 Å². The Hall–Kier alpha value is -3.22. The minimum absolute atomic E-state index is 0.128. The fraction of sp³-hybridized carbons (Fsp3) is 0.176. The second-order valence-electron chi connectivity index (χ2n) is 5.68. The molecule has 2 aromatic carbocycles. The maximum atomic E-state index is 12.7. The van der Waals surface area contributed by atoms with Gasteiger partial charge in [-0.15, -0.1) is 4.57 Å². The van der Waals surface area contributed by atoms with E-state index in [1.165, 1.54) is 0 Å². The molecule has 1 heterocycles. The van der Waals surface area contributed by atoms with Crippen molar-refractivity contribution in [1.29, 1.82) is 0 Å². The molecule has 0 bridgehead atoms. The van der Waals surface area contributed by atoms with Crippen LogP contribution in [0.15, 0.2) is 48.7 Å². The van der Waals surface area contributed by atoms with Crippen molar-refractivity contribution in [3.63, 3.8) is 0 Å². The first-order valence-corrected chi connectivity index (χ1v) is 7.50. The van der Waals surface area contributed by atoms with Gasteiger partial charge in [0, 0.05) is 11.3 Å². The highest BCUT2D eigenvalue weighted by Gasteiger charge is 2.28. The zero-order chi connectivity index (χ0) is 17.3. The number of nitrogens with one attached hydrogen (secondary N) is 1. The van der Waals surface area contributed by atoms with Gasteiger partial charge in [0.15, 0.2) is 0 Å². The van der Waals surface area contributed by atoms with E-state index in [0.29, 0.717) is 11.5 Å². The Balaban J connectivity index is 2.04. The van der Waals surface area contributed by atoms with Crippen LogP contribution in [0.3, 0.4) is 0 Å². The normalized spacial score (nSPS) is 11.0. The SMILES string of the molecule is CC(C)c1ncc([N+](=O)[O-])n1C(=O)Nc1cccc2ccccc12. The molecule has 7 heteroatoms. The maximum Gasteiger partial charge on any atom is 0.419 e. The average Bonchev–Trinajstić information content (AvgIpc) is 3.01. The number of nitro groups is 1. The summed E-state index contributed by atoms with van der Waals surface area (Å²) in [6, 6.07) is 12.5. The van der Waals surface area contributed by atoms with Crippen LogP contribution in [0.1, 0.15) is 25.6 Å². The lowest BCUT2D eigenvalue weighted by molar-refractivity contribution is -0.390. The number of amides is 1. The molecule has 1 N–H and O–H groups in total. The lowest BCUT2D eigenvalue weighted by Gasteiger charge is -2.09. The first-order chi connectivity index (χ1) is 11.5. The molecular weight excluding hydrogens is 308 g/mol. The molecule has 1 aromatic heterocycles. The lowest BCUT2D eigenvalue weighted by Crippen LogP contribution is -2.23. The van der Waals surface area contributed by atoms with Gasteiger partial charge in [0.2, 0.25) is 5.82 Å². The smallest absolute Gasteiger partial charge is 0.358 e. The molecule has 0 aliphatic rings. The summed E-state index contributed by atoms with van der Waals surface area (Å²) in [6.45, 7) is 3.65. The van der Waals surface area contributed by atoms with Crippen molar-refractivity contribution in [2.45, 2.75) is 19.8 Å². The van der Waals surface area contributed by atoms with Crippen molar-refractivity contribution < 1.29 is 9.72 Å². The predicted octanol–water partition coefficient (Wildman–Crippen LogP) is 4.15. The molecule has 122 valence electrons. The second kappa shape index (κ2) is 6.11. The number of carbonyl (C=O) groups is 1. The molecular formula is C17H16N4O3. The number of benzene rings is 2. The van der Waals surface area contributed by atoms with Crippen molar-refractivity contribution in [2.75, 3.05) is 5.32 Å². The average molecular weight is 324 g/mol. The molecule has 0 atom stereocenters. The van der Waals surface area contributed by atoms with Gasteiger partial charge < -0.3 is 10.1 Å². The summed E-state index contributed by atoms with van der Waals surface area (Å²) in [5.74, 6) is -0.132. The van der Waals surface area contributed by atoms with Crippen LogP contribution >= 0.6 is 0 Å². The molecule has 0 fully saturated rings. The van der Waals surface area contributed by atoms with Crippen LogP contribution in [0.25, 0.3) is 10.8 Å². The first kappa shape index (κ1) is 15.7. The third-order valence-electron chi connectivity index (χ3n) is 3.71. The van der Waals surface area contributed by atoms with E-state index >= 15 is 0 Å². The Morgan fingerprint density at radius 3 is 2.62 bits per heavy atom. The topological polar surface area (TPSA) is 90.1 Å². The molecule has 3 rings (SSSR count). The van der Waals surface area contributed by atoms with E-state index in [-0.39, 0.29) is 11.7 Å². The minimum Gasteiger partial charge on any atom is -0.358 e. The summed E-state index contributed by atoms with van der Waals surface area (Å²) >= 11 is 0. The Bertz CT molecular complexity index is 925. The van der Waals surface area contributed by atoms with Crippen LogP contribution in [-0.4, -0.2) is 20.5 Å². The van der Waals surface area contributed by atoms with Crippen LogP contribution in [0.5, 0.6) is 0 Å². The van der Waals surface area contributed by atoms with Crippen LogP contribution in [0.4, 0.5) is 16.3 Å². The molecule has 0 saturated heterocycles. The van der Waals surface area contributed by atoms with E-state index in [2.05, 4.69) is 10.3 Å². The fourth-order valence-electron chi connectivity index (χ4n) is 2.61. The van der Waals surface area contributed by atoms with Gasteiger partial charge in [0.25, 0.3) is 0 Å². The van der Waals surface area contributed by atoms with E-state index in [1.807, 2.05) is 50.2 Å². The molecule has 1 amide bonds. The number of aromatic nitrogens is 2. The van der Waals surface area contributed by atoms with E-state index < -0.39 is 11.0 Å². The van der Waals surface area contributed by atoms with Crippen LogP contribution in [-0.2, 0) is 0 Å². The van der Waals surface area contributed by atoms with Gasteiger partial charge in [-0.25, -0.2) is 9.78 Å². The number of hydrogen-bond acceptors (Lipinski definition) is 4. The predicted molar refractivity (Wildman–Crippen MR) is 91.3 cm³/mol. The van der Waals surface area contributed by atoms with Gasteiger partial charge in [-0.3, -0.25) is 5.32 Å². The van der Waals surface area contributed by atoms with Gasteiger partial charge in [-0.1, -0.05) is 50.2 Å². The van der Waals surface area contributed by atoms with E-state index in [4.69, 9.17) is 0 Å². The van der Waals surface area contributed by atoms with E-state index in [0.717, 1.165) is 21.5 Å². The summed E-state index contributed by atoms with van der Waals surface area (Å²) in [4.78, 5) is 27.3. The highest BCUT2D eigenvalue weighted by molar-refractivity contribution is 6.02. The Kier molecular flexibility index (Phi) is 3.99. The van der Waals surface area contributed by atoms with Gasteiger partial charge in [-0.05, 0) is 16.4 Å². The highest BCUT2D eigenvalue weighted by Crippen LogP contribution is 2.25. The molecule has 0 saturated carbocycles. The van der Waals surface area contributed by atoms with Crippen LogP contribution in [0.2, 0.25) is 0 Å². The number of anilines is 1. The minimum atomic E-state index is -0.610. The Labute approximate surface area is 138 Å². The van der Waals surface area contributed by atoms with E-state index in [1.54, 1.807) is 6.07 Å². The molecule has 0 spiro atoms. The Morgan fingerprint density at radius 1 is 1.21 bits per heavy atom. The highest BCUT2D eigenvalue weighted by atomic mass is 16.6. The molecule has 0 radical (unpaired) electrons. The standard InChI is InChI=1S/C17H16N4O3/c1-11(2)16-18-10-15(21(23)24)20(16)17(22)19-14-9-5-7-12-6-3-4-8-13(12)14/h3-11H,1-2H3,(H,19,22). The number of hydrogen-bond donors (Lipinski definition) is 1. The van der Waals surface area contributed by atoms with Crippen LogP contribution < -0.4 is 5.32 Å². The zero-order valence-electron chi connectivity index (χ0n) is 13.3. The zero-order valence-corrected chi connectivity index (χ0v) is 13.3. The van der Waals surface area contributed by atoms with Gasteiger partial charge in [0.05, 0.1) is 5.69 Å². The molecule has 0 unspecified atom stereocenters. The van der Waals surface area contributed by atoms with Gasteiger partial charge in [0.1, 0.15) is 6.20 Å². The quantitative estimate of drug-likeness (QED) is 0.579. The van der Waals surface area contributed by atoms with Crippen LogP contribution in [0, 0.1) is 10.1 Å². The summed E-state index contributed by atoms with van der Waals surface area (Å²) in [5, 5.41) is 15.8. The summed E-state index contributed by atoms with van der Waals surface area (Å²) < 4.78 is 1.02. The first-order valence-electron chi connectivity index (χ1n) is 7.50. The number of nitrogens with zero attached hydrogens (tertiary/aromatic N) is 3. The molecule has 7 nitrogen and oxygen atoms in total. The molecule has 0 aliphatic heterocycles. The second-order valence-corrected chi connectivity index (χ2v) is 5.68. The third-order valence-corrected chi connectivity index (χ3v) is 3.71.